The van der Waals surface area contributed by atoms with Gasteiger partial charge in [0.15, 0.2) is 0 Å². The molecule has 1 unspecified atom stereocenters. The summed E-state index contributed by atoms with van der Waals surface area (Å²) in [5.41, 5.74) is 0. The third-order valence-electron chi connectivity index (χ3n) is 1.60. The van der Waals surface area contributed by atoms with E-state index in [0.29, 0.717) is 0 Å². The highest BCUT2D eigenvalue weighted by Crippen LogP contribution is 2.32. The van der Waals surface area contributed by atoms with E-state index in [2.05, 4.69) is 4.74 Å². The molecule has 4 nitrogen and oxygen atoms in total. The third-order valence-corrected chi connectivity index (χ3v) is 2.67. The standard InChI is InChI=1S/C7H10Cl2O4/c1-4(3-5(10)13-2)7(8,9)6(11)12/h4H,3H2,1-2H3,(H,11,12). The molecule has 0 radical (unpaired) electrons. The van der Waals surface area contributed by atoms with Crippen molar-refractivity contribution < 1.29 is 19.4 Å². The van der Waals surface area contributed by atoms with Gasteiger partial charge in [-0.1, -0.05) is 30.1 Å². The van der Waals surface area contributed by atoms with E-state index in [0.717, 1.165) is 0 Å². The second-order valence-corrected chi connectivity index (χ2v) is 4.00. The first-order chi connectivity index (χ1) is 5.82. The summed E-state index contributed by atoms with van der Waals surface area (Å²) < 4.78 is 2.40. The zero-order valence-electron chi connectivity index (χ0n) is 7.21. The zero-order chi connectivity index (χ0) is 10.6. The number of carbonyl (C=O) groups excluding carboxylic acids is 1. The van der Waals surface area contributed by atoms with Crippen LogP contribution in [-0.2, 0) is 14.3 Å². The van der Waals surface area contributed by atoms with Crippen molar-refractivity contribution in [3.63, 3.8) is 0 Å². The molecule has 0 amide bonds. The van der Waals surface area contributed by atoms with E-state index < -0.39 is 22.2 Å². The summed E-state index contributed by atoms with van der Waals surface area (Å²) in [5.74, 6) is -2.62. The number of methoxy groups -OCH3 is 1. The van der Waals surface area contributed by atoms with Gasteiger partial charge in [0.1, 0.15) is 0 Å². The van der Waals surface area contributed by atoms with Gasteiger partial charge < -0.3 is 9.84 Å². The number of rotatable bonds is 4. The van der Waals surface area contributed by atoms with E-state index in [1.807, 2.05) is 0 Å². The van der Waals surface area contributed by atoms with Gasteiger partial charge in [0.05, 0.1) is 13.5 Å². The average molecular weight is 229 g/mol. The molecule has 0 aromatic heterocycles. The Morgan fingerprint density at radius 1 is 1.54 bits per heavy atom. The van der Waals surface area contributed by atoms with Crippen LogP contribution in [0.25, 0.3) is 0 Å². The zero-order valence-corrected chi connectivity index (χ0v) is 8.72. The summed E-state index contributed by atoms with van der Waals surface area (Å²) in [6.45, 7) is 1.46. The van der Waals surface area contributed by atoms with Gasteiger partial charge in [-0.15, -0.1) is 0 Å². The van der Waals surface area contributed by atoms with E-state index in [1.54, 1.807) is 0 Å². The van der Waals surface area contributed by atoms with E-state index in [-0.39, 0.29) is 6.42 Å². The van der Waals surface area contributed by atoms with Gasteiger partial charge in [-0.05, 0) is 0 Å². The maximum atomic E-state index is 10.8. The van der Waals surface area contributed by atoms with Crippen molar-refractivity contribution in [2.45, 2.75) is 17.7 Å². The largest absolute Gasteiger partial charge is 0.479 e. The molecule has 0 rings (SSSR count). The fourth-order valence-corrected chi connectivity index (χ4v) is 0.827. The van der Waals surface area contributed by atoms with Crippen LogP contribution in [0.1, 0.15) is 13.3 Å². The lowest BCUT2D eigenvalue weighted by Gasteiger charge is -2.20. The lowest BCUT2D eigenvalue weighted by molar-refractivity contribution is -0.143. The molecule has 0 aliphatic heterocycles. The Kier molecular flexibility index (Phi) is 4.50. The molecule has 1 N–H and O–H groups in total. The topological polar surface area (TPSA) is 63.6 Å². The van der Waals surface area contributed by atoms with Crippen LogP contribution in [0, 0.1) is 5.92 Å². The molecular formula is C7H10Cl2O4. The SMILES string of the molecule is COC(=O)CC(C)C(Cl)(Cl)C(=O)O. The van der Waals surface area contributed by atoms with Crippen molar-refractivity contribution in [2.75, 3.05) is 7.11 Å². The van der Waals surface area contributed by atoms with Crippen molar-refractivity contribution in [1.82, 2.24) is 0 Å². The normalized spacial score (nSPS) is 13.5. The Bertz CT molecular complexity index is 215. The van der Waals surface area contributed by atoms with Gasteiger partial charge in [0, 0.05) is 5.92 Å². The molecule has 1 atom stereocenters. The van der Waals surface area contributed by atoms with Crippen LogP contribution in [0.2, 0.25) is 0 Å². The van der Waals surface area contributed by atoms with E-state index in [1.165, 1.54) is 14.0 Å². The Morgan fingerprint density at radius 2 is 2.00 bits per heavy atom. The third kappa shape index (κ3) is 3.40. The molecule has 0 aliphatic carbocycles. The molecule has 0 spiro atoms. The average Bonchev–Trinajstić information content (AvgIpc) is 2.03. The minimum atomic E-state index is -1.95. The van der Waals surface area contributed by atoms with E-state index in [9.17, 15) is 9.59 Å². The highest BCUT2D eigenvalue weighted by atomic mass is 35.5. The minimum Gasteiger partial charge on any atom is -0.479 e. The molecule has 6 heteroatoms. The van der Waals surface area contributed by atoms with Gasteiger partial charge in [-0.3, -0.25) is 4.79 Å². The Labute approximate surface area is 85.8 Å². The summed E-state index contributed by atoms with van der Waals surface area (Å²) >= 11 is 11.0. The van der Waals surface area contributed by atoms with Gasteiger partial charge in [0.25, 0.3) is 0 Å². The van der Waals surface area contributed by atoms with Crippen LogP contribution < -0.4 is 0 Å². The first kappa shape index (κ1) is 12.5. The second kappa shape index (κ2) is 4.67. The van der Waals surface area contributed by atoms with Crippen LogP contribution in [-0.4, -0.2) is 28.5 Å². The lowest BCUT2D eigenvalue weighted by Crippen LogP contribution is -2.34. The summed E-state index contributed by atoms with van der Waals surface area (Å²) in [6, 6.07) is 0. The predicted molar refractivity (Wildman–Crippen MR) is 47.9 cm³/mol. The second-order valence-electron chi connectivity index (χ2n) is 2.61. The monoisotopic (exact) mass is 228 g/mol. The maximum Gasteiger partial charge on any atom is 0.340 e. The van der Waals surface area contributed by atoms with Crippen molar-refractivity contribution in [2.24, 2.45) is 5.92 Å². The number of halogens is 2. The summed E-state index contributed by atoms with van der Waals surface area (Å²) in [4.78, 5) is 21.3. The van der Waals surface area contributed by atoms with Crippen molar-refractivity contribution in [3.05, 3.63) is 0 Å². The highest BCUT2D eigenvalue weighted by molar-refractivity contribution is 6.57. The molecule has 0 aromatic rings. The number of carboxylic acid groups (broad SMARTS) is 1. The number of hydrogen-bond donors (Lipinski definition) is 1. The van der Waals surface area contributed by atoms with E-state index in [4.69, 9.17) is 28.3 Å². The van der Waals surface area contributed by atoms with Crippen LogP contribution in [0.5, 0.6) is 0 Å². The fourth-order valence-electron chi connectivity index (χ4n) is 0.672. The van der Waals surface area contributed by atoms with Gasteiger partial charge in [0.2, 0.25) is 4.33 Å². The molecular weight excluding hydrogens is 219 g/mol. The van der Waals surface area contributed by atoms with Crippen LogP contribution in [0.4, 0.5) is 0 Å². The van der Waals surface area contributed by atoms with Crippen LogP contribution in [0.3, 0.4) is 0 Å². The van der Waals surface area contributed by atoms with Gasteiger partial charge in [-0.2, -0.15) is 0 Å². The van der Waals surface area contributed by atoms with Gasteiger partial charge in [-0.25, -0.2) is 4.79 Å². The molecule has 0 saturated heterocycles. The fraction of sp³-hybridized carbons (Fsp3) is 0.714. The van der Waals surface area contributed by atoms with Crippen molar-refractivity contribution >= 4 is 35.1 Å². The number of alkyl halides is 2. The van der Waals surface area contributed by atoms with Crippen LogP contribution in [0.15, 0.2) is 0 Å². The quantitative estimate of drug-likeness (QED) is 0.585. The number of hydrogen-bond acceptors (Lipinski definition) is 3. The summed E-state index contributed by atoms with van der Waals surface area (Å²) in [6.07, 6.45) is -0.129. The first-order valence-electron chi connectivity index (χ1n) is 3.50. The molecule has 0 aliphatic rings. The summed E-state index contributed by atoms with van der Waals surface area (Å²) in [5, 5.41) is 8.58. The number of carbonyl (C=O) groups is 2. The molecule has 0 fully saturated rings. The maximum absolute atomic E-state index is 10.8. The highest BCUT2D eigenvalue weighted by Gasteiger charge is 2.40. The summed E-state index contributed by atoms with van der Waals surface area (Å²) in [7, 11) is 1.21. The molecule has 0 aromatic carbocycles. The predicted octanol–water partition coefficient (Wildman–Crippen LogP) is 1.44. The number of carboxylic acids is 1. The smallest absolute Gasteiger partial charge is 0.340 e. The Hall–Kier alpha value is -0.480. The van der Waals surface area contributed by atoms with E-state index >= 15 is 0 Å². The first-order valence-corrected chi connectivity index (χ1v) is 4.26. The number of esters is 1. The van der Waals surface area contributed by atoms with Gasteiger partial charge >= 0.3 is 11.9 Å². The minimum absolute atomic E-state index is 0.129. The van der Waals surface area contributed by atoms with Crippen molar-refractivity contribution in [1.29, 1.82) is 0 Å². The molecule has 13 heavy (non-hydrogen) atoms. The Morgan fingerprint density at radius 3 is 2.31 bits per heavy atom. The molecule has 0 saturated carbocycles. The number of ether oxygens (including phenoxy) is 1. The molecule has 76 valence electrons. The van der Waals surface area contributed by atoms with Crippen molar-refractivity contribution in [3.8, 4) is 0 Å². The Balaban J connectivity index is 4.33. The van der Waals surface area contributed by atoms with Crippen LogP contribution >= 0.6 is 23.2 Å². The molecule has 0 heterocycles. The number of aliphatic carboxylic acids is 1. The lowest BCUT2D eigenvalue weighted by atomic mass is 10.0. The molecule has 0 bridgehead atoms.